The van der Waals surface area contributed by atoms with Crippen LogP contribution < -0.4 is 14.2 Å². The number of nitrogens with zero attached hydrogens (tertiary/aromatic N) is 3. The van der Waals surface area contributed by atoms with Crippen molar-refractivity contribution in [1.82, 2.24) is 14.8 Å². The van der Waals surface area contributed by atoms with E-state index in [1.165, 1.54) is 35.4 Å². The van der Waals surface area contributed by atoms with Gasteiger partial charge < -0.3 is 19.1 Å². The maximum atomic E-state index is 13.4. The number of piperazine rings is 1. The molecule has 0 aliphatic carbocycles. The van der Waals surface area contributed by atoms with Crippen LogP contribution in [0, 0.1) is 18.6 Å². The summed E-state index contributed by atoms with van der Waals surface area (Å²) in [6, 6.07) is 30.0. The molecular formula is C41H39F2N3O4. The van der Waals surface area contributed by atoms with Gasteiger partial charge in [-0.3, -0.25) is 9.69 Å². The number of rotatable bonds is 13. The first-order valence-electron chi connectivity index (χ1n) is 16.6. The van der Waals surface area contributed by atoms with Crippen molar-refractivity contribution in [3.05, 3.63) is 155 Å². The number of halogens is 2. The number of amides is 1. The van der Waals surface area contributed by atoms with Gasteiger partial charge in [-0.15, -0.1) is 0 Å². The Labute approximate surface area is 291 Å². The molecular weight excluding hydrogens is 636 g/mol. The third kappa shape index (κ3) is 9.99. The fourth-order valence-corrected chi connectivity index (χ4v) is 5.61. The lowest BCUT2D eigenvalue weighted by atomic mass is 10.1. The molecule has 4 aromatic carbocycles. The van der Waals surface area contributed by atoms with Crippen LogP contribution in [0.1, 0.15) is 27.8 Å². The van der Waals surface area contributed by atoms with Crippen LogP contribution in [0.25, 0.3) is 6.08 Å². The van der Waals surface area contributed by atoms with Crippen LogP contribution in [0.15, 0.2) is 115 Å². The monoisotopic (exact) mass is 675 g/mol. The van der Waals surface area contributed by atoms with Gasteiger partial charge in [-0.2, -0.15) is 0 Å². The number of hydrogen-bond acceptors (Lipinski definition) is 6. The molecule has 1 aliphatic rings. The highest BCUT2D eigenvalue weighted by Gasteiger charge is 2.19. The van der Waals surface area contributed by atoms with E-state index in [2.05, 4.69) is 34.1 Å². The van der Waals surface area contributed by atoms with Crippen molar-refractivity contribution in [3.63, 3.8) is 0 Å². The molecule has 1 fully saturated rings. The molecule has 0 spiro atoms. The average Bonchev–Trinajstić information content (AvgIpc) is 3.13. The van der Waals surface area contributed by atoms with Gasteiger partial charge in [0, 0.05) is 51.3 Å². The minimum Gasteiger partial charge on any atom is -0.493 e. The smallest absolute Gasteiger partial charge is 0.246 e. The summed E-state index contributed by atoms with van der Waals surface area (Å²) in [4.78, 5) is 21.6. The zero-order chi connectivity index (χ0) is 34.7. The molecule has 256 valence electrons. The van der Waals surface area contributed by atoms with Gasteiger partial charge in [-0.05, 0) is 95.4 Å². The Kier molecular flexibility index (Phi) is 11.5. The Bertz CT molecular complexity index is 1890. The Hall–Kier alpha value is -5.54. The predicted molar refractivity (Wildman–Crippen MR) is 189 cm³/mol. The topological polar surface area (TPSA) is 64.1 Å². The molecule has 0 N–H and O–H groups in total. The van der Waals surface area contributed by atoms with Gasteiger partial charge in [0.05, 0.1) is 12.8 Å². The van der Waals surface area contributed by atoms with Crippen molar-refractivity contribution >= 4 is 12.0 Å². The van der Waals surface area contributed by atoms with Gasteiger partial charge in [-0.25, -0.2) is 13.8 Å². The molecule has 9 heteroatoms. The maximum Gasteiger partial charge on any atom is 0.246 e. The number of carbonyl (C=O) groups is 1. The van der Waals surface area contributed by atoms with Crippen LogP contribution in [0.2, 0.25) is 0 Å². The van der Waals surface area contributed by atoms with E-state index in [0.29, 0.717) is 42.8 Å². The summed E-state index contributed by atoms with van der Waals surface area (Å²) in [5.74, 6) is 1.70. The second-order valence-corrected chi connectivity index (χ2v) is 12.2. The Morgan fingerprint density at radius 2 is 1.50 bits per heavy atom. The summed E-state index contributed by atoms with van der Waals surface area (Å²) in [6.45, 7) is 6.55. The standard InChI is InChI=1S/C41H39F2N3O4/c1-30-25-38(50-40-17-16-39(27-44-40)49-29-33-3-2-4-36(43)26-33)13-9-34(30)10-18-41(47)46-22-20-45(21-23-46)28-32-7-5-31(6-8-32)19-24-48-37-14-11-35(42)12-15-37/h2-18,25-27H,19-24,28-29H2,1H3. The average molecular weight is 676 g/mol. The van der Waals surface area contributed by atoms with E-state index in [9.17, 15) is 13.6 Å². The van der Waals surface area contributed by atoms with Crippen molar-refractivity contribution < 1.29 is 27.8 Å². The molecule has 2 heterocycles. The van der Waals surface area contributed by atoms with Gasteiger partial charge in [0.15, 0.2) is 0 Å². The van der Waals surface area contributed by atoms with E-state index in [4.69, 9.17) is 14.2 Å². The molecule has 1 aliphatic heterocycles. The highest BCUT2D eigenvalue weighted by atomic mass is 19.1. The first-order chi connectivity index (χ1) is 24.4. The van der Waals surface area contributed by atoms with Gasteiger partial charge in [0.25, 0.3) is 0 Å². The van der Waals surface area contributed by atoms with Crippen LogP contribution in [0.5, 0.6) is 23.1 Å². The third-order valence-corrected chi connectivity index (χ3v) is 8.46. The van der Waals surface area contributed by atoms with Crippen molar-refractivity contribution in [2.45, 2.75) is 26.5 Å². The lowest BCUT2D eigenvalue weighted by Gasteiger charge is -2.34. The van der Waals surface area contributed by atoms with E-state index >= 15 is 0 Å². The van der Waals surface area contributed by atoms with Gasteiger partial charge in [0.2, 0.25) is 11.8 Å². The zero-order valence-corrected chi connectivity index (χ0v) is 27.9. The zero-order valence-electron chi connectivity index (χ0n) is 27.9. The largest absolute Gasteiger partial charge is 0.493 e. The normalized spacial score (nSPS) is 13.4. The fraction of sp³-hybridized carbons (Fsp3) is 0.220. The van der Waals surface area contributed by atoms with Crippen molar-refractivity contribution in [2.75, 3.05) is 32.8 Å². The Morgan fingerprint density at radius 3 is 2.22 bits per heavy atom. The van der Waals surface area contributed by atoms with Crippen LogP contribution in [-0.2, 0) is 24.4 Å². The second kappa shape index (κ2) is 16.7. The molecule has 7 nitrogen and oxygen atoms in total. The number of ether oxygens (including phenoxy) is 3. The number of pyridine rings is 1. The molecule has 1 saturated heterocycles. The highest BCUT2D eigenvalue weighted by molar-refractivity contribution is 5.92. The summed E-state index contributed by atoms with van der Waals surface area (Å²) in [5, 5.41) is 0. The van der Waals surface area contributed by atoms with Crippen LogP contribution >= 0.6 is 0 Å². The molecule has 1 amide bonds. The Morgan fingerprint density at radius 1 is 0.760 bits per heavy atom. The summed E-state index contributed by atoms with van der Waals surface area (Å²) in [6.07, 6.45) is 5.83. The van der Waals surface area contributed by atoms with Crippen molar-refractivity contribution in [2.24, 2.45) is 0 Å². The quantitative estimate of drug-likeness (QED) is 0.118. The summed E-state index contributed by atoms with van der Waals surface area (Å²) >= 11 is 0. The SMILES string of the molecule is Cc1cc(Oc2ccc(OCc3cccc(F)c3)cn2)ccc1C=CC(=O)N1CCN(Cc2ccc(CCOc3ccc(F)cc3)cc2)CC1. The van der Waals surface area contributed by atoms with E-state index in [1.807, 2.05) is 36.1 Å². The van der Waals surface area contributed by atoms with Crippen molar-refractivity contribution in [1.29, 1.82) is 0 Å². The lowest BCUT2D eigenvalue weighted by molar-refractivity contribution is -0.127. The third-order valence-electron chi connectivity index (χ3n) is 8.46. The molecule has 0 saturated carbocycles. The predicted octanol–water partition coefficient (Wildman–Crippen LogP) is 8.02. The van der Waals surface area contributed by atoms with Gasteiger partial charge in [0.1, 0.15) is 35.5 Å². The van der Waals surface area contributed by atoms with E-state index in [0.717, 1.165) is 42.7 Å². The van der Waals surface area contributed by atoms with Crippen LogP contribution in [0.4, 0.5) is 8.78 Å². The summed E-state index contributed by atoms with van der Waals surface area (Å²) in [7, 11) is 0. The first-order valence-corrected chi connectivity index (χ1v) is 16.6. The fourth-order valence-electron chi connectivity index (χ4n) is 5.61. The summed E-state index contributed by atoms with van der Waals surface area (Å²) < 4.78 is 43.8. The van der Waals surface area contributed by atoms with Crippen molar-refractivity contribution in [3.8, 4) is 23.1 Å². The molecule has 5 aromatic rings. The van der Waals surface area contributed by atoms with E-state index < -0.39 is 0 Å². The van der Waals surface area contributed by atoms with E-state index in [1.54, 1.807) is 48.7 Å². The Balaban J connectivity index is 0.913. The van der Waals surface area contributed by atoms with Gasteiger partial charge >= 0.3 is 0 Å². The van der Waals surface area contributed by atoms with Gasteiger partial charge in [-0.1, -0.05) is 42.5 Å². The molecule has 50 heavy (non-hydrogen) atoms. The van der Waals surface area contributed by atoms with Crippen LogP contribution in [-0.4, -0.2) is 53.5 Å². The number of hydrogen-bond donors (Lipinski definition) is 0. The molecule has 1 aromatic heterocycles. The highest BCUT2D eigenvalue weighted by Crippen LogP contribution is 2.25. The minimum absolute atomic E-state index is 0.000457. The first kappa shape index (κ1) is 34.3. The number of carbonyl (C=O) groups excluding carboxylic acids is 1. The lowest BCUT2D eigenvalue weighted by Crippen LogP contribution is -2.47. The van der Waals surface area contributed by atoms with Crippen LogP contribution in [0.3, 0.4) is 0 Å². The maximum absolute atomic E-state index is 13.4. The molecule has 0 radical (unpaired) electrons. The second-order valence-electron chi connectivity index (χ2n) is 12.2. The number of aromatic nitrogens is 1. The number of benzene rings is 4. The molecule has 6 rings (SSSR count). The minimum atomic E-state index is -0.300. The molecule has 0 unspecified atom stereocenters. The molecule has 0 atom stereocenters. The summed E-state index contributed by atoms with van der Waals surface area (Å²) in [5.41, 5.74) is 5.05. The van der Waals surface area contributed by atoms with E-state index in [-0.39, 0.29) is 24.1 Å². The molecule has 0 bridgehead atoms. The number of aryl methyl sites for hydroxylation is 1.